The van der Waals surface area contributed by atoms with Gasteiger partial charge in [0.25, 0.3) is 0 Å². The summed E-state index contributed by atoms with van der Waals surface area (Å²) in [5.74, 6) is -0.113. The van der Waals surface area contributed by atoms with E-state index >= 15 is 52.7 Å². The van der Waals surface area contributed by atoms with E-state index in [1.807, 2.05) is 0 Å². The molecule has 0 amide bonds. The van der Waals surface area contributed by atoms with Gasteiger partial charge in [0.1, 0.15) is 0 Å². The van der Waals surface area contributed by atoms with Crippen LogP contribution in [0.2, 0.25) is 0 Å². The second-order valence-electron chi connectivity index (χ2n) is 20.8. The lowest BCUT2D eigenvalue weighted by molar-refractivity contribution is -0.0732. The van der Waals surface area contributed by atoms with Crippen LogP contribution in [0.1, 0.15) is 197 Å². The van der Waals surface area contributed by atoms with Gasteiger partial charge in [0.2, 0.25) is 0 Å². The normalized spacial score (nSPS) is 19.6. The van der Waals surface area contributed by atoms with Gasteiger partial charge in [0, 0.05) is 22.3 Å². The van der Waals surface area contributed by atoms with Gasteiger partial charge in [-0.2, -0.15) is 52.7 Å². The molecular formula is C60H60F12. The third-order valence-electron chi connectivity index (χ3n) is 16.2. The van der Waals surface area contributed by atoms with Crippen LogP contribution in [0.5, 0.6) is 0 Å². The average Bonchev–Trinajstić information content (AvgIpc) is 3.36. The molecule has 12 heteroatoms. The van der Waals surface area contributed by atoms with E-state index in [0.717, 1.165) is 177 Å². The van der Waals surface area contributed by atoms with Gasteiger partial charge in [0.15, 0.2) is 0 Å². The number of halogens is 12. The largest absolute Gasteiger partial charge is 0.417 e. The minimum Gasteiger partial charge on any atom is -0.166 e. The van der Waals surface area contributed by atoms with Crippen molar-refractivity contribution in [2.45, 2.75) is 177 Å². The Bertz CT molecular complexity index is 2250. The van der Waals surface area contributed by atoms with Crippen molar-refractivity contribution in [2.75, 3.05) is 0 Å². The van der Waals surface area contributed by atoms with Gasteiger partial charge in [0.05, 0.1) is 22.3 Å². The minimum absolute atomic E-state index is 0.0281. The van der Waals surface area contributed by atoms with E-state index in [2.05, 4.69) is 0 Å². The van der Waals surface area contributed by atoms with Gasteiger partial charge < -0.3 is 0 Å². The molecule has 0 bridgehead atoms. The van der Waals surface area contributed by atoms with Crippen molar-refractivity contribution < 1.29 is 52.7 Å². The van der Waals surface area contributed by atoms with Crippen LogP contribution in [0.15, 0.2) is 119 Å². The second kappa shape index (κ2) is 21.1. The number of allylic oxidation sites excluding steroid dienone is 8. The summed E-state index contributed by atoms with van der Waals surface area (Å²) in [5.41, 5.74) is -14.3. The quantitative estimate of drug-likeness (QED) is 0.154. The van der Waals surface area contributed by atoms with E-state index < -0.39 is 91.5 Å². The Morgan fingerprint density at radius 2 is 0.389 bits per heavy atom. The standard InChI is InChI=1S/C60H60F12/c61-57(62,63)53(45-29-21-41(22-30-45)37-13-5-1-6-14-37)49-50(54(58(64,65)66)46-31-23-42(24-32-46)38-15-7-2-8-16-38)52(56(60(70,71)72)48-35-27-44(28-36-48)40-19-11-4-12-20-40)51(49)55(59(67,68)69)47-33-25-43(26-34-47)39-17-9-3-10-18-39/h21-40H,1-20H2. The molecule has 5 aliphatic rings. The Kier molecular flexibility index (Phi) is 15.2. The molecule has 9 rings (SSSR count). The zero-order valence-corrected chi connectivity index (χ0v) is 40.2. The maximum atomic E-state index is 16.3. The molecule has 5 fully saturated rings. The van der Waals surface area contributed by atoms with Gasteiger partial charge in [-0.3, -0.25) is 0 Å². The average molecular weight is 1010 g/mol. The molecule has 5 saturated carbocycles. The summed E-state index contributed by atoms with van der Waals surface area (Å²) in [5, 5.41) is 0. The monoisotopic (exact) mass is 1010 g/mol. The first-order valence-electron chi connectivity index (χ1n) is 26.0. The van der Waals surface area contributed by atoms with Gasteiger partial charge in [-0.1, -0.05) is 174 Å². The van der Waals surface area contributed by atoms with Crippen molar-refractivity contribution in [1.82, 2.24) is 0 Å². The first-order chi connectivity index (χ1) is 34.3. The van der Waals surface area contributed by atoms with E-state index in [-0.39, 0.29) is 23.7 Å². The van der Waals surface area contributed by atoms with Crippen molar-refractivity contribution in [3.8, 4) is 0 Å². The first kappa shape index (κ1) is 51.9. The van der Waals surface area contributed by atoms with E-state index in [9.17, 15) is 0 Å². The van der Waals surface area contributed by atoms with Crippen LogP contribution in [0.25, 0.3) is 22.3 Å². The van der Waals surface area contributed by atoms with Crippen molar-refractivity contribution in [1.29, 1.82) is 0 Å². The van der Waals surface area contributed by atoms with Crippen molar-refractivity contribution in [3.05, 3.63) is 164 Å². The van der Waals surface area contributed by atoms with Crippen LogP contribution < -0.4 is 0 Å². The van der Waals surface area contributed by atoms with Crippen LogP contribution in [0, 0.1) is 0 Å². The molecule has 384 valence electrons. The predicted octanol–water partition coefficient (Wildman–Crippen LogP) is 20.3. The fourth-order valence-electron chi connectivity index (χ4n) is 12.7. The number of benzene rings is 4. The molecule has 0 aliphatic heterocycles. The highest BCUT2D eigenvalue weighted by atomic mass is 19.4. The molecule has 0 N–H and O–H groups in total. The van der Waals surface area contributed by atoms with Crippen LogP contribution in [0.4, 0.5) is 52.7 Å². The van der Waals surface area contributed by atoms with Gasteiger partial charge >= 0.3 is 24.7 Å². The molecule has 4 aromatic carbocycles. The van der Waals surface area contributed by atoms with Gasteiger partial charge in [-0.15, -0.1) is 0 Å². The summed E-state index contributed by atoms with van der Waals surface area (Å²) in [6.45, 7) is 0. The number of alkyl halides is 12. The minimum atomic E-state index is -5.67. The fourth-order valence-corrected chi connectivity index (χ4v) is 12.7. The molecule has 0 aromatic heterocycles. The Labute approximate surface area is 414 Å². The maximum Gasteiger partial charge on any atom is 0.417 e. The van der Waals surface area contributed by atoms with E-state index in [1.54, 1.807) is 0 Å². The highest BCUT2D eigenvalue weighted by Crippen LogP contribution is 2.64. The zero-order valence-electron chi connectivity index (χ0n) is 40.2. The lowest BCUT2D eigenvalue weighted by Gasteiger charge is -2.41. The Hall–Kier alpha value is -5.00. The van der Waals surface area contributed by atoms with Crippen LogP contribution >= 0.6 is 0 Å². The molecule has 0 saturated heterocycles. The Morgan fingerprint density at radius 3 is 0.528 bits per heavy atom. The van der Waals surface area contributed by atoms with Crippen molar-refractivity contribution in [2.24, 2.45) is 0 Å². The number of hydrogen-bond donors (Lipinski definition) is 0. The third kappa shape index (κ3) is 11.1. The fraction of sp³-hybridized carbons (Fsp3) is 0.467. The predicted molar refractivity (Wildman–Crippen MR) is 261 cm³/mol. The first-order valence-corrected chi connectivity index (χ1v) is 26.0. The van der Waals surface area contributed by atoms with Gasteiger partial charge in [-0.25, -0.2) is 0 Å². The van der Waals surface area contributed by atoms with E-state index in [0.29, 0.717) is 22.3 Å². The van der Waals surface area contributed by atoms with E-state index in [1.165, 1.54) is 48.5 Å². The van der Waals surface area contributed by atoms with Gasteiger partial charge in [-0.05, 0) is 120 Å². The summed E-state index contributed by atoms with van der Waals surface area (Å²) in [6.07, 6.45) is -5.91. The molecule has 4 aromatic rings. The van der Waals surface area contributed by atoms with Crippen LogP contribution in [0.3, 0.4) is 0 Å². The number of hydrogen-bond acceptors (Lipinski definition) is 0. The molecule has 0 heterocycles. The summed E-state index contributed by atoms with van der Waals surface area (Å²) in [7, 11) is 0. The molecule has 0 unspecified atom stereocenters. The lowest BCUT2D eigenvalue weighted by Crippen LogP contribution is -2.32. The molecule has 0 radical (unpaired) electrons. The molecule has 0 atom stereocenters. The smallest absolute Gasteiger partial charge is 0.166 e. The molecule has 0 spiro atoms. The number of rotatable bonds is 8. The summed E-state index contributed by atoms with van der Waals surface area (Å²) in [4.78, 5) is 0. The van der Waals surface area contributed by atoms with Crippen LogP contribution in [-0.2, 0) is 0 Å². The molecule has 0 nitrogen and oxygen atoms in total. The SMILES string of the molecule is FC(F)(F)C(=C1C(=C(c2ccc(C3CCCCC3)cc2)C(F)(F)F)C(=C(c2ccc(C3CCCCC3)cc2)C(F)(F)F)C1=C(c1ccc(C2CCCCC2)cc1)C(F)(F)F)c1ccc(C2CCCCC2)cc1. The summed E-state index contributed by atoms with van der Waals surface area (Å²) < 4.78 is 196. The third-order valence-corrected chi connectivity index (χ3v) is 16.2. The van der Waals surface area contributed by atoms with Crippen molar-refractivity contribution >= 4 is 22.3 Å². The summed E-state index contributed by atoms with van der Waals surface area (Å²) in [6, 6.07) is 19.5. The van der Waals surface area contributed by atoms with E-state index in [4.69, 9.17) is 0 Å². The zero-order chi connectivity index (χ0) is 51.0. The topological polar surface area (TPSA) is 0 Å². The Morgan fingerprint density at radius 1 is 0.236 bits per heavy atom. The maximum absolute atomic E-state index is 16.3. The molecule has 72 heavy (non-hydrogen) atoms. The highest BCUT2D eigenvalue weighted by Gasteiger charge is 2.56. The molecule has 5 aliphatic carbocycles. The lowest BCUT2D eigenvalue weighted by atomic mass is 9.63. The van der Waals surface area contributed by atoms with Crippen molar-refractivity contribution in [3.63, 3.8) is 0 Å². The summed E-state index contributed by atoms with van der Waals surface area (Å²) >= 11 is 0. The molecular weight excluding hydrogens is 949 g/mol. The van der Waals surface area contributed by atoms with Crippen LogP contribution in [-0.4, -0.2) is 24.7 Å². The Balaban J connectivity index is 1.41. The highest BCUT2D eigenvalue weighted by molar-refractivity contribution is 6.09. The second-order valence-corrected chi connectivity index (χ2v) is 20.8.